The fourth-order valence-corrected chi connectivity index (χ4v) is 1.20. The molecule has 6 heteroatoms. The highest BCUT2D eigenvalue weighted by Gasteiger charge is 2.11. The van der Waals surface area contributed by atoms with Crippen LogP contribution in [0.2, 0.25) is 0 Å². The Hall–Kier alpha value is -2.37. The summed E-state index contributed by atoms with van der Waals surface area (Å²) in [6, 6.07) is 2.59. The summed E-state index contributed by atoms with van der Waals surface area (Å²) in [6.45, 7) is 5.22. The van der Waals surface area contributed by atoms with E-state index in [-0.39, 0.29) is 11.7 Å². The van der Waals surface area contributed by atoms with Crippen LogP contribution in [-0.4, -0.2) is 23.1 Å². The molecule has 2 amide bonds. The maximum Gasteiger partial charge on any atom is 0.338 e. The summed E-state index contributed by atoms with van der Waals surface area (Å²) in [5, 5.41) is 13.5. The number of urea groups is 1. The Morgan fingerprint density at radius 3 is 2.67 bits per heavy atom. The first kappa shape index (κ1) is 13.7. The van der Waals surface area contributed by atoms with Gasteiger partial charge >= 0.3 is 12.0 Å². The molecule has 0 aromatic heterocycles. The van der Waals surface area contributed by atoms with E-state index in [1.165, 1.54) is 12.1 Å². The maximum absolute atomic E-state index is 13.3. The number of carboxylic acids is 1. The van der Waals surface area contributed by atoms with Crippen LogP contribution >= 0.6 is 0 Å². The first-order valence-corrected chi connectivity index (χ1v) is 5.17. The van der Waals surface area contributed by atoms with Crippen LogP contribution in [0.25, 0.3) is 0 Å². The van der Waals surface area contributed by atoms with E-state index in [1.807, 2.05) is 0 Å². The topological polar surface area (TPSA) is 78.4 Å². The average Bonchev–Trinajstić information content (AvgIpc) is 2.28. The molecule has 1 rings (SSSR count). The SMILES string of the molecule is C=CC(C)NC(=O)Nc1ccc(C(=O)O)c(F)c1. The number of hydrogen-bond donors (Lipinski definition) is 3. The van der Waals surface area contributed by atoms with E-state index in [1.54, 1.807) is 6.92 Å². The van der Waals surface area contributed by atoms with Gasteiger partial charge in [0.05, 0.1) is 5.56 Å². The molecule has 0 aliphatic carbocycles. The number of nitrogens with one attached hydrogen (secondary N) is 2. The smallest absolute Gasteiger partial charge is 0.338 e. The van der Waals surface area contributed by atoms with E-state index in [2.05, 4.69) is 17.2 Å². The van der Waals surface area contributed by atoms with Crippen molar-refractivity contribution in [3.8, 4) is 0 Å². The molecular formula is C12H13FN2O3. The number of rotatable bonds is 4. The molecule has 0 saturated carbocycles. The molecule has 5 nitrogen and oxygen atoms in total. The van der Waals surface area contributed by atoms with Crippen molar-refractivity contribution in [2.45, 2.75) is 13.0 Å². The third-order valence-electron chi connectivity index (χ3n) is 2.17. The minimum atomic E-state index is -1.36. The number of benzene rings is 1. The van der Waals surface area contributed by atoms with Gasteiger partial charge in [-0.05, 0) is 25.1 Å². The van der Waals surface area contributed by atoms with E-state index >= 15 is 0 Å². The fourth-order valence-electron chi connectivity index (χ4n) is 1.20. The number of aromatic carboxylic acids is 1. The molecule has 1 aromatic carbocycles. The Labute approximate surface area is 103 Å². The summed E-state index contributed by atoms with van der Waals surface area (Å²) >= 11 is 0. The van der Waals surface area contributed by atoms with Crippen LogP contribution in [0.15, 0.2) is 30.9 Å². The van der Waals surface area contributed by atoms with Crippen molar-refractivity contribution in [3.05, 3.63) is 42.2 Å². The molecule has 0 aliphatic heterocycles. The van der Waals surface area contributed by atoms with Crippen molar-refractivity contribution in [1.82, 2.24) is 5.32 Å². The number of carboxylic acid groups (broad SMARTS) is 1. The van der Waals surface area contributed by atoms with E-state index < -0.39 is 23.4 Å². The summed E-state index contributed by atoms with van der Waals surface area (Å²) in [7, 11) is 0. The summed E-state index contributed by atoms with van der Waals surface area (Å²) < 4.78 is 13.3. The van der Waals surface area contributed by atoms with Crippen molar-refractivity contribution in [3.63, 3.8) is 0 Å². The van der Waals surface area contributed by atoms with E-state index in [9.17, 15) is 14.0 Å². The summed E-state index contributed by atoms with van der Waals surface area (Å²) in [4.78, 5) is 22.0. The summed E-state index contributed by atoms with van der Waals surface area (Å²) in [6.07, 6.45) is 1.54. The van der Waals surface area contributed by atoms with Gasteiger partial charge < -0.3 is 15.7 Å². The van der Waals surface area contributed by atoms with Crippen molar-refractivity contribution < 1.29 is 19.1 Å². The van der Waals surface area contributed by atoms with Gasteiger partial charge in [-0.25, -0.2) is 14.0 Å². The third-order valence-corrected chi connectivity index (χ3v) is 2.17. The molecule has 0 bridgehead atoms. The van der Waals surface area contributed by atoms with E-state index in [0.717, 1.165) is 12.1 Å². The van der Waals surface area contributed by atoms with Gasteiger partial charge in [-0.15, -0.1) is 6.58 Å². The molecule has 0 aliphatic rings. The number of carbonyl (C=O) groups excluding carboxylic acids is 1. The monoisotopic (exact) mass is 252 g/mol. The zero-order chi connectivity index (χ0) is 13.7. The Morgan fingerprint density at radius 1 is 1.50 bits per heavy atom. The van der Waals surface area contributed by atoms with Crippen molar-refractivity contribution >= 4 is 17.7 Å². The van der Waals surface area contributed by atoms with Gasteiger partial charge in [0.1, 0.15) is 5.82 Å². The van der Waals surface area contributed by atoms with Crippen LogP contribution in [0, 0.1) is 5.82 Å². The first-order chi connectivity index (χ1) is 8.43. The number of anilines is 1. The molecule has 1 atom stereocenters. The molecule has 96 valence electrons. The number of halogens is 1. The lowest BCUT2D eigenvalue weighted by Gasteiger charge is -2.11. The number of carbonyl (C=O) groups is 2. The minimum Gasteiger partial charge on any atom is -0.478 e. The normalized spacial score (nSPS) is 11.4. The van der Waals surface area contributed by atoms with Crippen LogP contribution < -0.4 is 10.6 Å². The highest BCUT2D eigenvalue weighted by Crippen LogP contribution is 2.14. The Bertz CT molecular complexity index is 488. The standard InChI is InChI=1S/C12H13FN2O3/c1-3-7(2)14-12(18)15-8-4-5-9(11(16)17)10(13)6-8/h3-7H,1H2,2H3,(H,16,17)(H2,14,15,18). The molecule has 0 fully saturated rings. The Morgan fingerprint density at radius 2 is 2.17 bits per heavy atom. The van der Waals surface area contributed by atoms with Crippen LogP contribution in [-0.2, 0) is 0 Å². The average molecular weight is 252 g/mol. The summed E-state index contributed by atoms with van der Waals surface area (Å²) in [5.41, 5.74) is -0.272. The second-order valence-corrected chi connectivity index (χ2v) is 3.62. The molecule has 1 aromatic rings. The van der Waals surface area contributed by atoms with Gasteiger partial charge in [0.15, 0.2) is 0 Å². The maximum atomic E-state index is 13.3. The van der Waals surface area contributed by atoms with Crippen molar-refractivity contribution in [2.75, 3.05) is 5.32 Å². The van der Waals surface area contributed by atoms with E-state index in [4.69, 9.17) is 5.11 Å². The first-order valence-electron chi connectivity index (χ1n) is 5.17. The molecular weight excluding hydrogens is 239 g/mol. The summed E-state index contributed by atoms with van der Waals surface area (Å²) in [5.74, 6) is -2.26. The molecule has 18 heavy (non-hydrogen) atoms. The molecule has 0 spiro atoms. The number of amides is 2. The van der Waals surface area contributed by atoms with Crippen molar-refractivity contribution in [1.29, 1.82) is 0 Å². The fraction of sp³-hybridized carbons (Fsp3) is 0.167. The molecule has 1 unspecified atom stereocenters. The van der Waals surface area contributed by atoms with Crippen LogP contribution in [0.1, 0.15) is 17.3 Å². The second-order valence-electron chi connectivity index (χ2n) is 3.62. The Balaban J connectivity index is 2.74. The Kier molecular flexibility index (Phi) is 4.42. The lowest BCUT2D eigenvalue weighted by molar-refractivity contribution is 0.0692. The van der Waals surface area contributed by atoms with Crippen molar-refractivity contribution in [2.24, 2.45) is 0 Å². The van der Waals surface area contributed by atoms with E-state index in [0.29, 0.717) is 0 Å². The second kappa shape index (κ2) is 5.81. The van der Waals surface area contributed by atoms with Crippen LogP contribution in [0.5, 0.6) is 0 Å². The predicted octanol–water partition coefficient (Wildman–Crippen LogP) is 2.22. The van der Waals surface area contributed by atoms with Crippen LogP contribution in [0.4, 0.5) is 14.9 Å². The predicted molar refractivity (Wildman–Crippen MR) is 65.2 cm³/mol. The quantitative estimate of drug-likeness (QED) is 0.719. The third kappa shape index (κ3) is 3.58. The van der Waals surface area contributed by atoms with Gasteiger partial charge in [-0.1, -0.05) is 6.08 Å². The molecule has 0 heterocycles. The zero-order valence-corrected chi connectivity index (χ0v) is 9.74. The van der Waals surface area contributed by atoms with Crippen LogP contribution in [0.3, 0.4) is 0 Å². The molecule has 3 N–H and O–H groups in total. The largest absolute Gasteiger partial charge is 0.478 e. The molecule has 0 saturated heterocycles. The van der Waals surface area contributed by atoms with Gasteiger partial charge in [0, 0.05) is 11.7 Å². The van der Waals surface area contributed by atoms with Gasteiger partial charge in [-0.3, -0.25) is 0 Å². The lowest BCUT2D eigenvalue weighted by Crippen LogP contribution is -2.34. The van der Waals surface area contributed by atoms with Gasteiger partial charge in [0.2, 0.25) is 0 Å². The highest BCUT2D eigenvalue weighted by molar-refractivity contribution is 5.91. The lowest BCUT2D eigenvalue weighted by atomic mass is 10.2. The number of hydrogen-bond acceptors (Lipinski definition) is 2. The molecule has 0 radical (unpaired) electrons. The highest BCUT2D eigenvalue weighted by atomic mass is 19.1. The zero-order valence-electron chi connectivity index (χ0n) is 9.74. The van der Waals surface area contributed by atoms with Gasteiger partial charge in [0.25, 0.3) is 0 Å². The minimum absolute atomic E-state index is 0.172. The van der Waals surface area contributed by atoms with Gasteiger partial charge in [-0.2, -0.15) is 0 Å².